The van der Waals surface area contributed by atoms with Crippen LogP contribution in [0.15, 0.2) is 54.2 Å². The van der Waals surface area contributed by atoms with Gasteiger partial charge in [0, 0.05) is 23.5 Å². The summed E-state index contributed by atoms with van der Waals surface area (Å²) in [6.07, 6.45) is 1.35. The number of nitrogens with zero attached hydrogens (tertiary/aromatic N) is 1. The molecular weight excluding hydrogens is 342 g/mol. The molecule has 2 aromatic rings. The summed E-state index contributed by atoms with van der Waals surface area (Å²) in [5.41, 5.74) is 1.49. The lowest BCUT2D eigenvalue weighted by atomic mass is 10.2. The number of fused-ring (bicyclic) bond motifs is 1. The number of amides is 1. The average Bonchev–Trinajstić information content (AvgIpc) is 3.08. The highest BCUT2D eigenvalue weighted by atomic mass is 35.5. The number of nitriles is 1. The molecule has 1 amide bonds. The zero-order valence-electron chi connectivity index (χ0n) is 13.1. The van der Waals surface area contributed by atoms with Crippen LogP contribution in [-0.2, 0) is 11.3 Å². The predicted octanol–water partition coefficient (Wildman–Crippen LogP) is 3.20. The van der Waals surface area contributed by atoms with Crippen LogP contribution >= 0.6 is 11.6 Å². The normalized spacial score (nSPS) is 12.4. The molecule has 126 valence electrons. The van der Waals surface area contributed by atoms with E-state index in [0.717, 1.165) is 5.56 Å². The lowest BCUT2D eigenvalue weighted by molar-refractivity contribution is -0.117. The van der Waals surface area contributed by atoms with E-state index in [1.807, 2.05) is 12.1 Å². The van der Waals surface area contributed by atoms with Crippen LogP contribution in [0, 0.1) is 11.3 Å². The fourth-order valence-electron chi connectivity index (χ4n) is 2.21. The maximum Gasteiger partial charge on any atom is 0.263 e. The summed E-state index contributed by atoms with van der Waals surface area (Å²) in [4.78, 5) is 12.1. The molecule has 3 rings (SSSR count). The van der Waals surface area contributed by atoms with E-state index < -0.39 is 5.91 Å². The average molecular weight is 356 g/mol. The van der Waals surface area contributed by atoms with Crippen LogP contribution in [0.4, 0.5) is 5.69 Å². The number of halogens is 1. The van der Waals surface area contributed by atoms with Crippen molar-refractivity contribution in [3.8, 4) is 17.6 Å². The largest absolute Gasteiger partial charge is 0.454 e. The molecule has 0 unspecified atom stereocenters. The Morgan fingerprint density at radius 2 is 2.08 bits per heavy atom. The summed E-state index contributed by atoms with van der Waals surface area (Å²) in [6.45, 7) is 0.466. The summed E-state index contributed by atoms with van der Waals surface area (Å²) in [7, 11) is 0. The van der Waals surface area contributed by atoms with Gasteiger partial charge in [-0.3, -0.25) is 4.79 Å². The summed E-state index contributed by atoms with van der Waals surface area (Å²) in [6, 6.07) is 14.3. The number of hydrogen-bond donors (Lipinski definition) is 2. The molecule has 2 aromatic carbocycles. The van der Waals surface area contributed by atoms with Gasteiger partial charge >= 0.3 is 0 Å². The van der Waals surface area contributed by atoms with Gasteiger partial charge in [0.25, 0.3) is 5.91 Å². The van der Waals surface area contributed by atoms with E-state index in [4.69, 9.17) is 21.1 Å². The summed E-state index contributed by atoms with van der Waals surface area (Å²) in [5.74, 6) is 0.846. The topological polar surface area (TPSA) is 83.4 Å². The highest BCUT2D eigenvalue weighted by Crippen LogP contribution is 2.32. The smallest absolute Gasteiger partial charge is 0.263 e. The van der Waals surface area contributed by atoms with Crippen molar-refractivity contribution in [3.05, 3.63) is 64.8 Å². The van der Waals surface area contributed by atoms with Gasteiger partial charge in [0.15, 0.2) is 11.5 Å². The third-order valence-electron chi connectivity index (χ3n) is 3.46. The fraction of sp³-hybridized carbons (Fsp3) is 0.111. The zero-order chi connectivity index (χ0) is 17.6. The minimum Gasteiger partial charge on any atom is -0.454 e. The van der Waals surface area contributed by atoms with Crippen molar-refractivity contribution in [1.82, 2.24) is 5.32 Å². The number of hydrogen-bond acceptors (Lipinski definition) is 5. The Morgan fingerprint density at radius 1 is 1.24 bits per heavy atom. The Labute approximate surface area is 149 Å². The zero-order valence-corrected chi connectivity index (χ0v) is 13.8. The highest BCUT2D eigenvalue weighted by Gasteiger charge is 2.14. The second-order valence-electron chi connectivity index (χ2n) is 5.19. The highest BCUT2D eigenvalue weighted by molar-refractivity contribution is 6.30. The first kappa shape index (κ1) is 16.7. The molecule has 1 aliphatic heterocycles. The molecule has 1 aliphatic rings. The molecule has 7 heteroatoms. The van der Waals surface area contributed by atoms with Crippen LogP contribution in [-0.4, -0.2) is 12.7 Å². The van der Waals surface area contributed by atoms with Gasteiger partial charge < -0.3 is 20.1 Å². The van der Waals surface area contributed by atoms with Crippen molar-refractivity contribution in [1.29, 1.82) is 5.26 Å². The minimum absolute atomic E-state index is 0.0410. The SMILES string of the molecule is N#C/C(=C/Nc1cccc(Cl)c1)C(=O)NCc1ccc2c(c1)OCO2. The second-order valence-corrected chi connectivity index (χ2v) is 5.63. The molecule has 0 radical (unpaired) electrons. The van der Waals surface area contributed by atoms with Crippen molar-refractivity contribution in [2.24, 2.45) is 0 Å². The Hall–Kier alpha value is -3.17. The van der Waals surface area contributed by atoms with Crippen LogP contribution in [0.5, 0.6) is 11.5 Å². The monoisotopic (exact) mass is 355 g/mol. The number of benzene rings is 2. The minimum atomic E-state index is -0.477. The Bertz CT molecular complexity index is 874. The first-order valence-electron chi connectivity index (χ1n) is 7.45. The lowest BCUT2D eigenvalue weighted by Crippen LogP contribution is -2.24. The molecule has 0 bridgehead atoms. The molecule has 6 nitrogen and oxygen atoms in total. The first-order valence-corrected chi connectivity index (χ1v) is 7.82. The molecule has 0 saturated heterocycles. The number of anilines is 1. The lowest BCUT2D eigenvalue weighted by Gasteiger charge is -2.06. The van der Waals surface area contributed by atoms with Gasteiger partial charge in [0.2, 0.25) is 6.79 Å². The van der Waals surface area contributed by atoms with Crippen LogP contribution in [0.1, 0.15) is 5.56 Å². The third kappa shape index (κ3) is 4.22. The van der Waals surface area contributed by atoms with E-state index in [-0.39, 0.29) is 18.9 Å². The predicted molar refractivity (Wildman–Crippen MR) is 93.2 cm³/mol. The van der Waals surface area contributed by atoms with Crippen LogP contribution < -0.4 is 20.1 Å². The molecular formula is C18H14ClN3O3. The maximum atomic E-state index is 12.1. The van der Waals surface area contributed by atoms with E-state index in [2.05, 4.69) is 10.6 Å². The summed E-state index contributed by atoms with van der Waals surface area (Å²) < 4.78 is 10.5. The van der Waals surface area contributed by atoms with Gasteiger partial charge in [-0.2, -0.15) is 5.26 Å². The number of rotatable bonds is 5. The van der Waals surface area contributed by atoms with Gasteiger partial charge in [-0.15, -0.1) is 0 Å². The fourth-order valence-corrected chi connectivity index (χ4v) is 2.40. The molecule has 2 N–H and O–H groups in total. The van der Waals surface area contributed by atoms with Crippen LogP contribution in [0.2, 0.25) is 5.02 Å². The quantitative estimate of drug-likeness (QED) is 0.635. The van der Waals surface area contributed by atoms with Crippen molar-refractivity contribution < 1.29 is 14.3 Å². The molecule has 0 atom stereocenters. The van der Waals surface area contributed by atoms with Crippen molar-refractivity contribution in [2.45, 2.75) is 6.54 Å². The molecule has 0 spiro atoms. The molecule has 0 fully saturated rings. The van der Waals surface area contributed by atoms with E-state index >= 15 is 0 Å². The number of carbonyl (C=O) groups excluding carboxylic acids is 1. The van der Waals surface area contributed by atoms with Crippen molar-refractivity contribution in [2.75, 3.05) is 12.1 Å². The van der Waals surface area contributed by atoms with E-state index in [9.17, 15) is 10.1 Å². The van der Waals surface area contributed by atoms with Crippen molar-refractivity contribution in [3.63, 3.8) is 0 Å². The molecule has 25 heavy (non-hydrogen) atoms. The maximum absolute atomic E-state index is 12.1. The molecule has 0 aliphatic carbocycles. The Morgan fingerprint density at radius 3 is 2.88 bits per heavy atom. The van der Waals surface area contributed by atoms with E-state index in [1.165, 1.54) is 6.20 Å². The van der Waals surface area contributed by atoms with Gasteiger partial charge in [-0.25, -0.2) is 0 Å². The van der Waals surface area contributed by atoms with Crippen LogP contribution in [0.3, 0.4) is 0 Å². The Kier molecular flexibility index (Phi) is 5.07. The number of nitrogens with one attached hydrogen (secondary N) is 2. The van der Waals surface area contributed by atoms with E-state index in [1.54, 1.807) is 36.4 Å². The van der Waals surface area contributed by atoms with E-state index in [0.29, 0.717) is 22.2 Å². The number of ether oxygens (including phenoxy) is 2. The molecule has 1 heterocycles. The van der Waals surface area contributed by atoms with Gasteiger partial charge in [-0.05, 0) is 35.9 Å². The standard InChI is InChI=1S/C18H14ClN3O3/c19-14-2-1-3-15(7-14)21-10-13(8-20)18(23)22-9-12-4-5-16-17(6-12)25-11-24-16/h1-7,10,21H,9,11H2,(H,22,23)/b13-10-. The summed E-state index contributed by atoms with van der Waals surface area (Å²) in [5, 5.41) is 15.3. The van der Waals surface area contributed by atoms with Gasteiger partial charge in [-0.1, -0.05) is 23.7 Å². The number of carbonyl (C=O) groups is 1. The molecule has 0 aromatic heterocycles. The first-order chi connectivity index (χ1) is 12.2. The van der Waals surface area contributed by atoms with Crippen molar-refractivity contribution >= 4 is 23.2 Å². The van der Waals surface area contributed by atoms with Crippen LogP contribution in [0.25, 0.3) is 0 Å². The molecule has 0 saturated carbocycles. The van der Waals surface area contributed by atoms with Gasteiger partial charge in [0.05, 0.1) is 0 Å². The second kappa shape index (κ2) is 7.60. The summed E-state index contributed by atoms with van der Waals surface area (Å²) >= 11 is 5.89. The van der Waals surface area contributed by atoms with Gasteiger partial charge in [0.1, 0.15) is 11.6 Å². The third-order valence-corrected chi connectivity index (χ3v) is 3.70. The Balaban J connectivity index is 1.60.